The lowest BCUT2D eigenvalue weighted by molar-refractivity contribution is -0.554. The van der Waals surface area contributed by atoms with E-state index in [9.17, 15) is 9.59 Å². The van der Waals surface area contributed by atoms with E-state index in [1.165, 1.54) is 0 Å². The normalized spacial score (nSPS) is 22.7. The zero-order valence-electron chi connectivity index (χ0n) is 47.5. The Labute approximate surface area is 435 Å². The molecule has 0 aromatic rings. The zero-order chi connectivity index (χ0) is 55.4. The molecule has 0 heterocycles. The summed E-state index contributed by atoms with van der Waals surface area (Å²) in [5.41, 5.74) is -7.64. The average Bonchev–Trinajstić information content (AvgIpc) is 3.35. The van der Waals surface area contributed by atoms with Crippen LogP contribution >= 0.6 is 0 Å². The summed E-state index contributed by atoms with van der Waals surface area (Å²) in [5, 5.41) is 0. The third kappa shape index (κ3) is 10.1. The summed E-state index contributed by atoms with van der Waals surface area (Å²) >= 11 is 0. The Bertz CT molecular complexity index is 1650. The number of carbonyl (C=O) groups is 2. The Kier molecular flexibility index (Phi) is 26.1. The molecule has 0 spiro atoms. The fourth-order valence-electron chi connectivity index (χ4n) is 10.9. The zero-order valence-corrected chi connectivity index (χ0v) is 47.5. The van der Waals surface area contributed by atoms with E-state index >= 15 is 0 Å². The lowest BCUT2D eigenvalue weighted by Crippen LogP contribution is -2.93. The van der Waals surface area contributed by atoms with Crippen LogP contribution in [0.25, 0.3) is 0 Å². The van der Waals surface area contributed by atoms with Crippen LogP contribution in [0.5, 0.6) is 0 Å². The van der Waals surface area contributed by atoms with Crippen LogP contribution in [0.2, 0.25) is 0 Å². The van der Waals surface area contributed by atoms with Crippen molar-refractivity contribution in [3.63, 3.8) is 0 Å². The quantitative estimate of drug-likeness (QED) is 0.0325. The molecule has 424 valence electrons. The highest BCUT2D eigenvalue weighted by Gasteiger charge is 2.95. The minimum atomic E-state index is -2.68. The minimum Gasteiger partial charge on any atom is -0.489 e. The Balaban J connectivity index is 4.41. The average molecular weight is 1050 g/mol. The van der Waals surface area contributed by atoms with Gasteiger partial charge in [0.1, 0.15) is 0 Å². The van der Waals surface area contributed by atoms with E-state index in [0.29, 0.717) is 0 Å². The van der Waals surface area contributed by atoms with Crippen molar-refractivity contribution in [3.8, 4) is 0 Å². The van der Waals surface area contributed by atoms with Crippen molar-refractivity contribution < 1.29 is 94.9 Å². The Morgan fingerprint density at radius 3 is 0.753 bits per heavy atom. The van der Waals surface area contributed by atoms with Crippen molar-refractivity contribution in [1.29, 1.82) is 0 Å². The van der Waals surface area contributed by atoms with Crippen LogP contribution in [0.1, 0.15) is 125 Å². The van der Waals surface area contributed by atoms with Crippen LogP contribution in [0.15, 0.2) is 48.3 Å². The van der Waals surface area contributed by atoms with Gasteiger partial charge in [0.05, 0.1) is 13.2 Å². The van der Waals surface area contributed by atoms with Gasteiger partial charge in [0.15, 0.2) is 22.7 Å². The van der Waals surface area contributed by atoms with Gasteiger partial charge >= 0.3 is 11.9 Å². The fraction of sp³-hybridized carbons (Fsp3) is 0.811. The lowest BCUT2D eigenvalue weighted by Gasteiger charge is -2.72. The molecule has 2 unspecified atom stereocenters. The molecule has 0 fully saturated rings. The lowest BCUT2D eigenvalue weighted by atomic mass is 9.50. The van der Waals surface area contributed by atoms with Gasteiger partial charge in [-0.2, -0.15) is 0 Å². The highest BCUT2D eigenvalue weighted by molar-refractivity contribution is 5.83. The maximum absolute atomic E-state index is 14.5. The number of ether oxygens (including phenoxy) is 18. The molecule has 2 aliphatic carbocycles. The maximum atomic E-state index is 14.5. The second-order valence-electron chi connectivity index (χ2n) is 16.2. The first-order valence-electron chi connectivity index (χ1n) is 26.3. The molecule has 0 aliphatic heterocycles. The number of rotatable bonds is 38. The Morgan fingerprint density at radius 2 is 0.562 bits per heavy atom. The largest absolute Gasteiger partial charge is 0.489 e. The molecule has 0 amide bonds. The van der Waals surface area contributed by atoms with Crippen molar-refractivity contribution in [2.45, 2.75) is 171 Å². The van der Waals surface area contributed by atoms with Gasteiger partial charge < -0.3 is 85.3 Å². The smallest absolute Gasteiger partial charge is 0.335 e. The van der Waals surface area contributed by atoms with Crippen LogP contribution in [0.3, 0.4) is 0 Å². The fourth-order valence-corrected chi connectivity index (χ4v) is 10.9. The van der Waals surface area contributed by atoms with Gasteiger partial charge in [-0.05, 0) is 111 Å². The van der Waals surface area contributed by atoms with E-state index in [-0.39, 0.29) is 117 Å². The molecule has 0 aromatic carbocycles. The summed E-state index contributed by atoms with van der Waals surface area (Å²) < 4.78 is 127. The van der Waals surface area contributed by atoms with E-state index in [0.717, 1.165) is 12.2 Å². The van der Waals surface area contributed by atoms with E-state index in [1.54, 1.807) is 125 Å². The van der Waals surface area contributed by atoms with Crippen molar-refractivity contribution in [2.75, 3.05) is 106 Å². The summed E-state index contributed by atoms with van der Waals surface area (Å²) in [4.78, 5) is 29.1. The van der Waals surface area contributed by atoms with Crippen LogP contribution in [-0.2, 0) is 94.9 Å². The van der Waals surface area contributed by atoms with Crippen LogP contribution in [-0.4, -0.2) is 164 Å². The van der Waals surface area contributed by atoms with Crippen molar-refractivity contribution >= 4 is 11.9 Å². The SMILES string of the molecule is C=CC(=O)OC1=C(OCC)C(OCC)(OCC)C(OCC)(OCC)C(OCC)(OCC)C1(OCC)C(C)(C)C1(OCC)C(OC(=O)C=C)=C(OCC)C(OCC)(OCC)C(OCC)(OCC)C1(OCC)OCC. The highest BCUT2D eigenvalue weighted by Crippen LogP contribution is 2.73. The highest BCUT2D eigenvalue weighted by atomic mass is 16.9. The molecular weight excluding hydrogens is 957 g/mol. The second-order valence-corrected chi connectivity index (χ2v) is 16.2. The van der Waals surface area contributed by atoms with Crippen molar-refractivity contribution in [3.05, 3.63) is 48.3 Å². The number of carbonyl (C=O) groups excluding carboxylic acids is 2. The van der Waals surface area contributed by atoms with Gasteiger partial charge in [-0.3, -0.25) is 0 Å². The minimum absolute atomic E-state index is 0.0779. The molecule has 0 aromatic heterocycles. The number of hydrogen-bond donors (Lipinski definition) is 0. The van der Waals surface area contributed by atoms with Gasteiger partial charge in [0.2, 0.25) is 11.5 Å². The standard InChI is InChI=1S/C53H92O20/c1-21-39(54)72-41-43(56-23-3)48(60-27-7,61-28-8)52(68-35-15,69-36-16)50(64-31-11,65-32-12)46(41,58-25-5)45(19,20)47(59-26-6)42(73-40(55)22-2)44(57-24-4)49(62-29-9,63-30-10)53(70-37-17,71-38-18)51(47,66-33-13)67-34-14/h21-22H,1-2,23-38H2,3-20H3. The molecule has 0 bridgehead atoms. The first kappa shape index (κ1) is 66.1. The first-order valence-corrected chi connectivity index (χ1v) is 26.3. The summed E-state index contributed by atoms with van der Waals surface area (Å²) in [6, 6.07) is 0. The molecular formula is C53H92O20. The van der Waals surface area contributed by atoms with Gasteiger partial charge in [0, 0.05) is 110 Å². The molecule has 20 heteroatoms. The third-order valence-electron chi connectivity index (χ3n) is 12.3. The molecule has 0 saturated carbocycles. The van der Waals surface area contributed by atoms with E-state index < -0.39 is 74.8 Å². The predicted octanol–water partition coefficient (Wildman–Crippen LogP) is 8.16. The van der Waals surface area contributed by atoms with Gasteiger partial charge in [0.25, 0.3) is 34.7 Å². The van der Waals surface area contributed by atoms with Crippen molar-refractivity contribution in [2.24, 2.45) is 5.41 Å². The van der Waals surface area contributed by atoms with Gasteiger partial charge in [-0.15, -0.1) is 0 Å². The summed E-state index contributed by atoms with van der Waals surface area (Å²) in [6.45, 7) is 36.3. The van der Waals surface area contributed by atoms with E-state index in [4.69, 9.17) is 85.3 Å². The summed E-state index contributed by atoms with van der Waals surface area (Å²) in [6.07, 6.45) is 1.92. The third-order valence-corrected chi connectivity index (χ3v) is 12.3. The second kappa shape index (κ2) is 28.9. The molecule has 2 atom stereocenters. The monoisotopic (exact) mass is 1050 g/mol. The van der Waals surface area contributed by atoms with Crippen LogP contribution in [0, 0.1) is 5.41 Å². The maximum Gasteiger partial charge on any atom is 0.335 e. The van der Waals surface area contributed by atoms with Gasteiger partial charge in [-0.25, -0.2) is 9.59 Å². The van der Waals surface area contributed by atoms with Gasteiger partial charge in [-0.1, -0.05) is 27.0 Å². The molecule has 20 nitrogen and oxygen atoms in total. The summed E-state index contributed by atoms with van der Waals surface area (Å²) in [7, 11) is 0. The summed E-state index contributed by atoms with van der Waals surface area (Å²) in [5.74, 6) is -18.7. The van der Waals surface area contributed by atoms with Crippen LogP contribution in [0.4, 0.5) is 0 Å². The predicted molar refractivity (Wildman–Crippen MR) is 268 cm³/mol. The Hall–Kier alpha value is -3.06. The molecule has 2 aliphatic rings. The number of hydrogen-bond acceptors (Lipinski definition) is 20. The molecule has 0 radical (unpaired) electrons. The van der Waals surface area contributed by atoms with E-state index in [2.05, 4.69) is 13.2 Å². The van der Waals surface area contributed by atoms with Crippen LogP contribution < -0.4 is 0 Å². The molecule has 0 N–H and O–H groups in total. The Morgan fingerprint density at radius 1 is 0.342 bits per heavy atom. The van der Waals surface area contributed by atoms with E-state index in [1.807, 2.05) is 0 Å². The first-order chi connectivity index (χ1) is 34.9. The number of esters is 2. The topological polar surface area (TPSA) is 200 Å². The molecule has 73 heavy (non-hydrogen) atoms. The molecule has 0 saturated heterocycles. The van der Waals surface area contributed by atoms with Crippen molar-refractivity contribution in [1.82, 2.24) is 0 Å². The molecule has 2 rings (SSSR count).